The van der Waals surface area contributed by atoms with Gasteiger partial charge in [0.05, 0.1) is 14.2 Å². The lowest BCUT2D eigenvalue weighted by Gasteiger charge is -2.10. The van der Waals surface area contributed by atoms with Gasteiger partial charge >= 0.3 is 0 Å². The van der Waals surface area contributed by atoms with Crippen LogP contribution in [0.4, 0.5) is 0 Å². The van der Waals surface area contributed by atoms with Crippen molar-refractivity contribution in [3.63, 3.8) is 0 Å². The standard InChI is InChI=1S/C23H22N4O3/c1-29-20-9-8-16(13-21(20)30-2)10-12-25-23(28)17-5-3-6-18(14-17)27-15-26-19-7-4-11-24-22(19)27/h3-9,11,13-15H,10,12H2,1-2H3,(H,25,28). The number of carbonyl (C=O) groups is 1. The average molecular weight is 402 g/mol. The largest absolute Gasteiger partial charge is 0.493 e. The van der Waals surface area contributed by atoms with Gasteiger partial charge in [0.15, 0.2) is 17.1 Å². The van der Waals surface area contributed by atoms with Crippen LogP contribution in [0.5, 0.6) is 11.5 Å². The molecule has 0 saturated heterocycles. The first kappa shape index (κ1) is 19.4. The number of imidazole rings is 1. The molecule has 0 aliphatic rings. The third kappa shape index (κ3) is 3.96. The molecule has 0 unspecified atom stereocenters. The monoisotopic (exact) mass is 402 g/mol. The summed E-state index contributed by atoms with van der Waals surface area (Å²) in [5.74, 6) is 1.23. The number of nitrogens with one attached hydrogen (secondary N) is 1. The minimum absolute atomic E-state index is 0.130. The Balaban J connectivity index is 1.44. The van der Waals surface area contributed by atoms with Gasteiger partial charge in [-0.15, -0.1) is 0 Å². The van der Waals surface area contributed by atoms with E-state index in [0.717, 1.165) is 22.4 Å². The predicted octanol–water partition coefficient (Wildman–Crippen LogP) is 3.41. The second-order valence-corrected chi connectivity index (χ2v) is 6.71. The maximum atomic E-state index is 12.6. The molecule has 0 saturated carbocycles. The molecular weight excluding hydrogens is 380 g/mol. The van der Waals surface area contributed by atoms with Crippen molar-refractivity contribution in [3.05, 3.63) is 78.2 Å². The molecule has 0 atom stereocenters. The van der Waals surface area contributed by atoms with Gasteiger partial charge in [-0.1, -0.05) is 12.1 Å². The second-order valence-electron chi connectivity index (χ2n) is 6.71. The van der Waals surface area contributed by atoms with E-state index in [2.05, 4.69) is 15.3 Å². The molecule has 4 rings (SSSR count). The Kier molecular flexibility index (Phi) is 5.61. The van der Waals surface area contributed by atoms with E-state index in [-0.39, 0.29) is 5.91 Å². The molecule has 0 fully saturated rings. The number of fused-ring (bicyclic) bond motifs is 1. The van der Waals surface area contributed by atoms with E-state index >= 15 is 0 Å². The number of rotatable bonds is 7. The highest BCUT2D eigenvalue weighted by Gasteiger charge is 2.10. The van der Waals surface area contributed by atoms with Crippen LogP contribution >= 0.6 is 0 Å². The Labute approximate surface area is 174 Å². The van der Waals surface area contributed by atoms with Gasteiger partial charge in [0.25, 0.3) is 5.91 Å². The van der Waals surface area contributed by atoms with Crippen molar-refractivity contribution in [2.45, 2.75) is 6.42 Å². The minimum atomic E-state index is -0.130. The predicted molar refractivity (Wildman–Crippen MR) is 114 cm³/mol. The number of carbonyl (C=O) groups excluding carboxylic acids is 1. The van der Waals surface area contributed by atoms with E-state index in [4.69, 9.17) is 9.47 Å². The molecule has 0 aliphatic heterocycles. The van der Waals surface area contributed by atoms with Crippen molar-refractivity contribution in [2.24, 2.45) is 0 Å². The molecule has 4 aromatic rings. The maximum absolute atomic E-state index is 12.6. The molecule has 0 spiro atoms. The van der Waals surface area contributed by atoms with Crippen molar-refractivity contribution in [3.8, 4) is 17.2 Å². The Morgan fingerprint density at radius 3 is 2.70 bits per heavy atom. The van der Waals surface area contributed by atoms with Crippen LogP contribution in [0.15, 0.2) is 67.1 Å². The van der Waals surface area contributed by atoms with E-state index in [1.165, 1.54) is 0 Å². The summed E-state index contributed by atoms with van der Waals surface area (Å²) in [5.41, 5.74) is 4.03. The first-order valence-corrected chi connectivity index (χ1v) is 9.57. The lowest BCUT2D eigenvalue weighted by Crippen LogP contribution is -2.25. The molecule has 7 nitrogen and oxygen atoms in total. The number of amides is 1. The Morgan fingerprint density at radius 2 is 1.87 bits per heavy atom. The summed E-state index contributed by atoms with van der Waals surface area (Å²) in [4.78, 5) is 21.4. The normalized spacial score (nSPS) is 10.7. The number of methoxy groups -OCH3 is 2. The van der Waals surface area contributed by atoms with Gasteiger partial charge in [0.2, 0.25) is 0 Å². The van der Waals surface area contributed by atoms with Gasteiger partial charge in [0, 0.05) is 24.0 Å². The lowest BCUT2D eigenvalue weighted by molar-refractivity contribution is 0.0954. The molecule has 1 amide bonds. The number of hydrogen-bond donors (Lipinski definition) is 1. The summed E-state index contributed by atoms with van der Waals surface area (Å²) < 4.78 is 12.5. The van der Waals surface area contributed by atoms with E-state index in [0.29, 0.717) is 30.0 Å². The molecule has 0 bridgehead atoms. The van der Waals surface area contributed by atoms with Gasteiger partial charge in [-0.25, -0.2) is 9.97 Å². The highest BCUT2D eigenvalue weighted by molar-refractivity contribution is 5.94. The fourth-order valence-corrected chi connectivity index (χ4v) is 3.29. The highest BCUT2D eigenvalue weighted by Crippen LogP contribution is 2.27. The van der Waals surface area contributed by atoms with Crippen LogP contribution < -0.4 is 14.8 Å². The topological polar surface area (TPSA) is 78.3 Å². The van der Waals surface area contributed by atoms with Crippen LogP contribution in [-0.2, 0) is 6.42 Å². The van der Waals surface area contributed by atoms with E-state index in [1.807, 2.05) is 53.1 Å². The highest BCUT2D eigenvalue weighted by atomic mass is 16.5. The molecule has 1 N–H and O–H groups in total. The second kappa shape index (κ2) is 8.65. The van der Waals surface area contributed by atoms with Crippen LogP contribution in [-0.4, -0.2) is 41.2 Å². The summed E-state index contributed by atoms with van der Waals surface area (Å²) in [6.07, 6.45) is 4.12. The summed E-state index contributed by atoms with van der Waals surface area (Å²) >= 11 is 0. The number of pyridine rings is 1. The van der Waals surface area contributed by atoms with Gasteiger partial charge in [-0.2, -0.15) is 0 Å². The number of nitrogens with zero attached hydrogens (tertiary/aromatic N) is 3. The van der Waals surface area contributed by atoms with Crippen LogP contribution in [0.3, 0.4) is 0 Å². The average Bonchev–Trinajstić information content (AvgIpc) is 3.23. The lowest BCUT2D eigenvalue weighted by atomic mass is 10.1. The third-order valence-corrected chi connectivity index (χ3v) is 4.84. The van der Waals surface area contributed by atoms with Crippen molar-refractivity contribution < 1.29 is 14.3 Å². The molecule has 2 aromatic carbocycles. The molecule has 2 aromatic heterocycles. The molecular formula is C23H22N4O3. The summed E-state index contributed by atoms with van der Waals surface area (Å²) in [5, 5.41) is 2.97. The first-order valence-electron chi connectivity index (χ1n) is 9.57. The van der Waals surface area contributed by atoms with Gasteiger partial charge in [-0.05, 0) is 54.4 Å². The Hall–Kier alpha value is -3.87. The summed E-state index contributed by atoms with van der Waals surface area (Å²) in [6, 6.07) is 16.9. The smallest absolute Gasteiger partial charge is 0.251 e. The van der Waals surface area contributed by atoms with E-state index in [1.54, 1.807) is 32.8 Å². The zero-order valence-electron chi connectivity index (χ0n) is 16.8. The van der Waals surface area contributed by atoms with E-state index < -0.39 is 0 Å². The maximum Gasteiger partial charge on any atom is 0.251 e. The van der Waals surface area contributed by atoms with Crippen LogP contribution in [0, 0.1) is 0 Å². The molecule has 30 heavy (non-hydrogen) atoms. The van der Waals surface area contributed by atoms with Crippen molar-refractivity contribution in [2.75, 3.05) is 20.8 Å². The molecule has 0 aliphatic carbocycles. The molecule has 2 heterocycles. The van der Waals surface area contributed by atoms with Crippen LogP contribution in [0.1, 0.15) is 15.9 Å². The fraction of sp³-hybridized carbons (Fsp3) is 0.174. The zero-order chi connectivity index (χ0) is 20.9. The Bertz CT molecular complexity index is 1190. The van der Waals surface area contributed by atoms with Crippen molar-refractivity contribution in [1.82, 2.24) is 19.9 Å². The molecule has 0 radical (unpaired) electrons. The van der Waals surface area contributed by atoms with Crippen LogP contribution in [0.2, 0.25) is 0 Å². The van der Waals surface area contributed by atoms with Crippen LogP contribution in [0.25, 0.3) is 16.9 Å². The summed E-state index contributed by atoms with van der Waals surface area (Å²) in [7, 11) is 3.21. The van der Waals surface area contributed by atoms with Crippen molar-refractivity contribution >= 4 is 17.1 Å². The van der Waals surface area contributed by atoms with Crippen molar-refractivity contribution in [1.29, 1.82) is 0 Å². The fourth-order valence-electron chi connectivity index (χ4n) is 3.29. The number of hydrogen-bond acceptors (Lipinski definition) is 5. The van der Waals surface area contributed by atoms with Gasteiger partial charge < -0.3 is 14.8 Å². The van der Waals surface area contributed by atoms with E-state index in [9.17, 15) is 4.79 Å². The zero-order valence-corrected chi connectivity index (χ0v) is 16.8. The quantitative estimate of drug-likeness (QED) is 0.513. The van der Waals surface area contributed by atoms with Gasteiger partial charge in [-0.3, -0.25) is 9.36 Å². The number of ether oxygens (including phenoxy) is 2. The Morgan fingerprint density at radius 1 is 1.00 bits per heavy atom. The third-order valence-electron chi connectivity index (χ3n) is 4.84. The van der Waals surface area contributed by atoms with Gasteiger partial charge in [0.1, 0.15) is 11.8 Å². The minimum Gasteiger partial charge on any atom is -0.493 e. The SMILES string of the molecule is COc1ccc(CCNC(=O)c2cccc(-n3cnc4cccnc43)c2)cc1OC. The molecule has 7 heteroatoms. The molecule has 152 valence electrons. The first-order chi connectivity index (χ1) is 14.7. The summed E-state index contributed by atoms with van der Waals surface area (Å²) in [6.45, 7) is 0.508. The number of benzene rings is 2. The number of aromatic nitrogens is 3.